The van der Waals surface area contributed by atoms with Gasteiger partial charge in [0.2, 0.25) is 5.91 Å². The monoisotopic (exact) mass is 249 g/mol. The van der Waals surface area contributed by atoms with Gasteiger partial charge in [-0.3, -0.25) is 9.63 Å². The summed E-state index contributed by atoms with van der Waals surface area (Å²) < 4.78 is 0. The Kier molecular flexibility index (Phi) is 7.30. The second-order valence-electron chi connectivity index (χ2n) is 3.53. The van der Waals surface area contributed by atoms with Crippen molar-refractivity contribution in [3.05, 3.63) is 0 Å². The summed E-state index contributed by atoms with van der Waals surface area (Å²) in [6, 6.07) is 0. The highest BCUT2D eigenvalue weighted by atomic mass is 33.1. The van der Waals surface area contributed by atoms with Gasteiger partial charge in [-0.1, -0.05) is 28.0 Å². The second kappa shape index (κ2) is 8.30. The highest BCUT2D eigenvalue weighted by Crippen LogP contribution is 2.39. The van der Waals surface area contributed by atoms with Crippen LogP contribution in [0.1, 0.15) is 39.0 Å². The van der Waals surface area contributed by atoms with Crippen molar-refractivity contribution >= 4 is 27.5 Å². The summed E-state index contributed by atoms with van der Waals surface area (Å²) in [5.41, 5.74) is 2.41. The van der Waals surface area contributed by atoms with E-state index in [4.69, 9.17) is 4.84 Å². The minimum absolute atomic E-state index is 0.00491. The van der Waals surface area contributed by atoms with Crippen LogP contribution in [0.3, 0.4) is 0 Å². The summed E-state index contributed by atoms with van der Waals surface area (Å²) in [6.45, 7) is 2.39. The van der Waals surface area contributed by atoms with Crippen molar-refractivity contribution in [3.63, 3.8) is 0 Å². The Morgan fingerprint density at radius 2 is 2.40 bits per heavy atom. The third-order valence-corrected chi connectivity index (χ3v) is 5.24. The van der Waals surface area contributed by atoms with Gasteiger partial charge in [0.25, 0.3) is 0 Å². The van der Waals surface area contributed by atoms with Crippen LogP contribution in [0, 0.1) is 0 Å². The lowest BCUT2D eigenvalue weighted by atomic mass is 10.1. The maximum atomic E-state index is 11.2. The number of hydroxylamine groups is 1. The van der Waals surface area contributed by atoms with Crippen LogP contribution in [0.15, 0.2) is 0 Å². The summed E-state index contributed by atoms with van der Waals surface area (Å²) in [6.07, 6.45) is 5.29. The standard InChI is InChI=1S/C10H19NO2S2/c1-2-13-11-10(12)6-4-3-5-9-7-8-14-15-9/h9H,2-8H2,1H3,(H,11,12)/t9-/m1/s1. The van der Waals surface area contributed by atoms with Crippen LogP contribution in [0.25, 0.3) is 0 Å². The van der Waals surface area contributed by atoms with Gasteiger partial charge in [-0.25, -0.2) is 5.48 Å². The molecule has 0 radical (unpaired) electrons. The molecule has 0 unspecified atom stereocenters. The molecular formula is C10H19NO2S2. The largest absolute Gasteiger partial charge is 0.274 e. The Bertz CT molecular complexity index is 184. The molecule has 1 aliphatic heterocycles. The molecule has 0 aromatic rings. The van der Waals surface area contributed by atoms with Crippen molar-refractivity contribution in [1.29, 1.82) is 0 Å². The molecule has 1 amide bonds. The number of hydrogen-bond acceptors (Lipinski definition) is 4. The number of nitrogens with one attached hydrogen (secondary N) is 1. The minimum Gasteiger partial charge on any atom is -0.274 e. The fraction of sp³-hybridized carbons (Fsp3) is 0.900. The van der Waals surface area contributed by atoms with E-state index in [-0.39, 0.29) is 5.91 Å². The van der Waals surface area contributed by atoms with Crippen molar-refractivity contribution in [2.24, 2.45) is 0 Å². The average Bonchev–Trinajstić information content (AvgIpc) is 2.74. The SMILES string of the molecule is CCONC(=O)CCCC[C@@H]1CCSS1. The van der Waals surface area contributed by atoms with Crippen molar-refractivity contribution in [3.8, 4) is 0 Å². The van der Waals surface area contributed by atoms with E-state index in [1.54, 1.807) is 0 Å². The van der Waals surface area contributed by atoms with Gasteiger partial charge in [-0.05, 0) is 26.2 Å². The molecule has 1 atom stereocenters. The number of unbranched alkanes of at least 4 members (excludes halogenated alkanes) is 1. The molecule has 1 aliphatic rings. The Balaban J connectivity index is 1.89. The Morgan fingerprint density at radius 3 is 3.07 bits per heavy atom. The lowest BCUT2D eigenvalue weighted by molar-refractivity contribution is -0.133. The van der Waals surface area contributed by atoms with E-state index in [0.717, 1.165) is 18.1 Å². The minimum atomic E-state index is 0.00491. The molecule has 0 aromatic heterocycles. The van der Waals surface area contributed by atoms with Crippen LogP contribution in [-0.2, 0) is 9.63 Å². The third-order valence-electron chi connectivity index (χ3n) is 2.24. The van der Waals surface area contributed by atoms with Crippen LogP contribution in [0.5, 0.6) is 0 Å². The van der Waals surface area contributed by atoms with Gasteiger partial charge in [-0.15, -0.1) is 0 Å². The summed E-state index contributed by atoms with van der Waals surface area (Å²) in [5.74, 6) is 1.30. The second-order valence-corrected chi connectivity index (χ2v) is 6.32. The normalized spacial score (nSPS) is 20.5. The summed E-state index contributed by atoms with van der Waals surface area (Å²) >= 11 is 0. The number of amides is 1. The van der Waals surface area contributed by atoms with Crippen molar-refractivity contribution in [2.45, 2.75) is 44.3 Å². The zero-order valence-electron chi connectivity index (χ0n) is 9.16. The molecule has 0 aromatic carbocycles. The first-order valence-electron chi connectivity index (χ1n) is 5.52. The molecular weight excluding hydrogens is 230 g/mol. The smallest absolute Gasteiger partial charge is 0.243 e. The lowest BCUT2D eigenvalue weighted by Gasteiger charge is -2.06. The van der Waals surface area contributed by atoms with E-state index in [9.17, 15) is 4.79 Å². The lowest BCUT2D eigenvalue weighted by Crippen LogP contribution is -2.23. The number of hydrogen-bond donors (Lipinski definition) is 1. The Hall–Kier alpha value is 0.130. The molecule has 1 rings (SSSR count). The molecule has 3 nitrogen and oxygen atoms in total. The first kappa shape index (κ1) is 13.2. The number of carbonyl (C=O) groups is 1. The Labute approximate surface area is 99.4 Å². The molecule has 1 heterocycles. The van der Waals surface area contributed by atoms with Crippen LogP contribution in [0.2, 0.25) is 0 Å². The first-order valence-corrected chi connectivity index (χ1v) is 7.90. The number of rotatable bonds is 7. The van der Waals surface area contributed by atoms with Crippen LogP contribution in [-0.4, -0.2) is 23.5 Å². The van der Waals surface area contributed by atoms with E-state index in [1.165, 1.54) is 18.6 Å². The predicted molar refractivity (Wildman–Crippen MR) is 66.7 cm³/mol. The van der Waals surface area contributed by atoms with Crippen molar-refractivity contribution in [1.82, 2.24) is 5.48 Å². The maximum Gasteiger partial charge on any atom is 0.243 e. The molecule has 88 valence electrons. The third kappa shape index (κ3) is 6.33. The molecule has 1 fully saturated rings. The predicted octanol–water partition coefficient (Wildman–Crippen LogP) is 2.77. The highest BCUT2D eigenvalue weighted by Gasteiger charge is 2.15. The summed E-state index contributed by atoms with van der Waals surface area (Å²) in [5, 5.41) is 0.824. The molecule has 0 spiro atoms. The zero-order chi connectivity index (χ0) is 10.9. The topological polar surface area (TPSA) is 38.3 Å². The van der Waals surface area contributed by atoms with Gasteiger partial charge in [0.15, 0.2) is 0 Å². The van der Waals surface area contributed by atoms with Gasteiger partial charge in [-0.2, -0.15) is 0 Å². The molecule has 15 heavy (non-hydrogen) atoms. The fourth-order valence-electron chi connectivity index (χ4n) is 1.43. The molecule has 5 heteroatoms. The van der Waals surface area contributed by atoms with E-state index >= 15 is 0 Å². The Morgan fingerprint density at radius 1 is 1.53 bits per heavy atom. The zero-order valence-corrected chi connectivity index (χ0v) is 10.8. The molecule has 1 saturated heterocycles. The van der Waals surface area contributed by atoms with Gasteiger partial charge in [0, 0.05) is 17.4 Å². The van der Waals surface area contributed by atoms with Gasteiger partial charge in [0.05, 0.1) is 6.61 Å². The quantitative estimate of drug-likeness (QED) is 0.428. The van der Waals surface area contributed by atoms with E-state index < -0.39 is 0 Å². The maximum absolute atomic E-state index is 11.2. The van der Waals surface area contributed by atoms with Crippen LogP contribution < -0.4 is 5.48 Å². The van der Waals surface area contributed by atoms with Gasteiger partial charge >= 0.3 is 0 Å². The van der Waals surface area contributed by atoms with E-state index in [1.807, 2.05) is 28.5 Å². The van der Waals surface area contributed by atoms with Crippen molar-refractivity contribution < 1.29 is 9.63 Å². The van der Waals surface area contributed by atoms with Gasteiger partial charge < -0.3 is 0 Å². The van der Waals surface area contributed by atoms with Crippen LogP contribution >= 0.6 is 21.6 Å². The average molecular weight is 249 g/mol. The van der Waals surface area contributed by atoms with Gasteiger partial charge in [0.1, 0.15) is 0 Å². The number of carbonyl (C=O) groups excluding carboxylic acids is 1. The van der Waals surface area contributed by atoms with E-state index in [2.05, 4.69) is 5.48 Å². The van der Waals surface area contributed by atoms with Crippen molar-refractivity contribution in [2.75, 3.05) is 12.4 Å². The fourth-order valence-corrected chi connectivity index (χ4v) is 4.45. The van der Waals surface area contributed by atoms with Crippen LogP contribution in [0.4, 0.5) is 0 Å². The molecule has 0 aliphatic carbocycles. The van der Waals surface area contributed by atoms with E-state index in [0.29, 0.717) is 13.0 Å². The summed E-state index contributed by atoms with van der Waals surface area (Å²) in [4.78, 5) is 16.0. The molecule has 1 N–H and O–H groups in total. The first-order chi connectivity index (χ1) is 7.33. The summed E-state index contributed by atoms with van der Waals surface area (Å²) in [7, 11) is 3.98. The molecule has 0 saturated carbocycles. The molecule has 0 bridgehead atoms. The highest BCUT2D eigenvalue weighted by molar-refractivity contribution is 8.77.